The summed E-state index contributed by atoms with van der Waals surface area (Å²) in [7, 11) is 3.93. The maximum Gasteiger partial charge on any atom is 0.151 e. The fraction of sp³-hybridized carbons (Fsp3) is 0.440. The zero-order valence-electron chi connectivity index (χ0n) is 19.6. The van der Waals surface area contributed by atoms with Crippen LogP contribution in [0.5, 0.6) is 5.75 Å². The summed E-state index contributed by atoms with van der Waals surface area (Å²) in [5.41, 5.74) is 3.47. The smallest absolute Gasteiger partial charge is 0.151 e. The maximum atomic E-state index is 5.85. The highest BCUT2D eigenvalue weighted by atomic mass is 32.2. The molecule has 0 radical (unpaired) electrons. The van der Waals surface area contributed by atoms with Gasteiger partial charge >= 0.3 is 0 Å². The van der Waals surface area contributed by atoms with E-state index >= 15 is 0 Å². The summed E-state index contributed by atoms with van der Waals surface area (Å²) in [6.45, 7) is 6.09. The van der Waals surface area contributed by atoms with Crippen LogP contribution in [0, 0.1) is 0 Å². The Morgan fingerprint density at radius 3 is 2.58 bits per heavy atom. The van der Waals surface area contributed by atoms with E-state index in [0.29, 0.717) is 6.54 Å². The number of nitrogens with zero attached hydrogens (tertiary/aromatic N) is 5. The Morgan fingerprint density at radius 1 is 1.06 bits per heavy atom. The van der Waals surface area contributed by atoms with E-state index < -0.39 is 0 Å². The molecule has 8 heteroatoms. The van der Waals surface area contributed by atoms with Crippen molar-refractivity contribution >= 4 is 11.8 Å². The van der Waals surface area contributed by atoms with Gasteiger partial charge in [0.05, 0.1) is 25.4 Å². The molecule has 0 bridgehead atoms. The second-order valence-electron chi connectivity index (χ2n) is 8.75. The molecule has 0 spiro atoms. The van der Waals surface area contributed by atoms with E-state index in [-0.39, 0.29) is 6.04 Å². The maximum absolute atomic E-state index is 5.85. The summed E-state index contributed by atoms with van der Waals surface area (Å²) >= 11 is 1.76. The van der Waals surface area contributed by atoms with Gasteiger partial charge in [0.25, 0.3) is 0 Å². The molecule has 0 saturated carbocycles. The number of benzene rings is 2. The van der Waals surface area contributed by atoms with Crippen molar-refractivity contribution in [2.45, 2.75) is 23.9 Å². The number of ether oxygens (including phenoxy) is 1. The Hall–Kier alpha value is -2.39. The van der Waals surface area contributed by atoms with Gasteiger partial charge in [0.15, 0.2) is 5.82 Å². The fourth-order valence-electron chi connectivity index (χ4n) is 4.79. The van der Waals surface area contributed by atoms with Crippen molar-refractivity contribution in [1.29, 1.82) is 0 Å². The van der Waals surface area contributed by atoms with Gasteiger partial charge < -0.3 is 14.5 Å². The third kappa shape index (κ3) is 4.53. The number of rotatable bonds is 6. The summed E-state index contributed by atoms with van der Waals surface area (Å²) in [5.74, 6) is 2.77. The molecule has 0 aliphatic carbocycles. The van der Waals surface area contributed by atoms with Crippen molar-refractivity contribution in [3.05, 3.63) is 65.2 Å². The molecule has 7 nitrogen and oxygen atoms in total. The molecule has 1 saturated heterocycles. The van der Waals surface area contributed by atoms with Crippen molar-refractivity contribution in [3.63, 3.8) is 0 Å². The number of fused-ring (bicyclic) bond motifs is 3. The third-order valence-corrected chi connectivity index (χ3v) is 7.49. The molecule has 2 aliphatic heterocycles. The summed E-state index contributed by atoms with van der Waals surface area (Å²) in [6, 6.07) is 15.2. The molecule has 33 heavy (non-hydrogen) atoms. The number of hydrogen-bond acceptors (Lipinski definition) is 7. The summed E-state index contributed by atoms with van der Waals surface area (Å²) in [5, 5.41) is 12.9. The highest BCUT2D eigenvalue weighted by molar-refractivity contribution is 7.98. The monoisotopic (exact) mass is 464 g/mol. The van der Waals surface area contributed by atoms with Gasteiger partial charge in [-0.1, -0.05) is 24.3 Å². The molecule has 1 N–H and O–H groups in total. The summed E-state index contributed by atoms with van der Waals surface area (Å²) < 4.78 is 8.08. The normalized spacial score (nSPS) is 19.1. The first-order chi connectivity index (χ1) is 16.2. The quantitative estimate of drug-likeness (QED) is 0.563. The molecule has 1 unspecified atom stereocenters. The Bertz CT molecular complexity index is 1090. The average molecular weight is 465 g/mol. The minimum Gasteiger partial charge on any atom is -0.495 e. The third-order valence-electron chi connectivity index (χ3n) is 6.74. The van der Waals surface area contributed by atoms with Gasteiger partial charge in [0.2, 0.25) is 0 Å². The van der Waals surface area contributed by atoms with Crippen LogP contribution in [0.1, 0.15) is 28.8 Å². The van der Waals surface area contributed by atoms with Crippen LogP contribution in [0.3, 0.4) is 0 Å². The molecule has 0 amide bonds. The number of para-hydroxylation sites is 1. The molecule has 5 rings (SSSR count). The van der Waals surface area contributed by atoms with E-state index in [0.717, 1.165) is 62.2 Å². The van der Waals surface area contributed by atoms with Gasteiger partial charge in [0, 0.05) is 49.6 Å². The van der Waals surface area contributed by atoms with E-state index in [4.69, 9.17) is 4.74 Å². The van der Waals surface area contributed by atoms with Gasteiger partial charge in [-0.2, -0.15) is 0 Å². The molecular formula is C25H32N6OS. The Morgan fingerprint density at radius 2 is 1.85 bits per heavy atom. The van der Waals surface area contributed by atoms with Crippen LogP contribution in [-0.4, -0.2) is 77.7 Å². The van der Waals surface area contributed by atoms with Gasteiger partial charge in [-0.05, 0) is 37.1 Å². The van der Waals surface area contributed by atoms with Crippen molar-refractivity contribution in [2.24, 2.45) is 0 Å². The lowest BCUT2D eigenvalue weighted by molar-refractivity contribution is 0.155. The number of nitrogens with one attached hydrogen (secondary N) is 1. The SMILES string of the molecule is COc1cccc2c1-n1c(CCN3CCN(C)CC3)nnc1CNC2c1ccc(SC)cc1. The van der Waals surface area contributed by atoms with Gasteiger partial charge in [-0.25, -0.2) is 0 Å². The highest BCUT2D eigenvalue weighted by Gasteiger charge is 2.29. The topological polar surface area (TPSA) is 58.5 Å². The number of aromatic nitrogens is 3. The summed E-state index contributed by atoms with van der Waals surface area (Å²) in [4.78, 5) is 6.18. The number of hydrogen-bond donors (Lipinski definition) is 1. The lowest BCUT2D eigenvalue weighted by atomic mass is 9.97. The van der Waals surface area contributed by atoms with Crippen LogP contribution in [-0.2, 0) is 13.0 Å². The van der Waals surface area contributed by atoms with E-state index in [9.17, 15) is 0 Å². The predicted molar refractivity (Wildman–Crippen MR) is 132 cm³/mol. The van der Waals surface area contributed by atoms with Crippen LogP contribution in [0.2, 0.25) is 0 Å². The largest absolute Gasteiger partial charge is 0.495 e. The lowest BCUT2D eigenvalue weighted by Gasteiger charge is -2.32. The highest BCUT2D eigenvalue weighted by Crippen LogP contribution is 2.37. The molecule has 1 fully saturated rings. The fourth-order valence-corrected chi connectivity index (χ4v) is 5.20. The molecule has 3 heterocycles. The van der Waals surface area contributed by atoms with Crippen LogP contribution in [0.4, 0.5) is 0 Å². The van der Waals surface area contributed by atoms with Crippen LogP contribution in [0.25, 0.3) is 5.69 Å². The molecular weight excluding hydrogens is 432 g/mol. The molecule has 3 aromatic rings. The molecule has 2 aliphatic rings. The Labute approximate surface area is 200 Å². The van der Waals surface area contributed by atoms with Crippen molar-refractivity contribution < 1.29 is 4.74 Å². The molecule has 1 aromatic heterocycles. The van der Waals surface area contributed by atoms with E-state index in [1.54, 1.807) is 18.9 Å². The van der Waals surface area contributed by atoms with Gasteiger partial charge in [0.1, 0.15) is 11.6 Å². The zero-order chi connectivity index (χ0) is 22.8. The van der Waals surface area contributed by atoms with E-state index in [1.165, 1.54) is 16.0 Å². The average Bonchev–Trinajstić information content (AvgIpc) is 3.18. The number of likely N-dealkylation sites (N-methyl/N-ethyl adjacent to an activating group) is 1. The second-order valence-corrected chi connectivity index (χ2v) is 9.63. The van der Waals surface area contributed by atoms with Crippen molar-refractivity contribution in [1.82, 2.24) is 29.9 Å². The molecule has 2 aromatic carbocycles. The van der Waals surface area contributed by atoms with Crippen molar-refractivity contribution in [3.8, 4) is 11.4 Å². The molecule has 1 atom stereocenters. The minimum absolute atomic E-state index is 0.0539. The van der Waals surface area contributed by atoms with Gasteiger partial charge in [-0.15, -0.1) is 22.0 Å². The zero-order valence-corrected chi connectivity index (χ0v) is 20.4. The first kappa shape index (κ1) is 22.4. The van der Waals surface area contributed by atoms with Crippen LogP contribution in [0.15, 0.2) is 47.4 Å². The Kier molecular flexibility index (Phi) is 6.69. The minimum atomic E-state index is 0.0539. The lowest BCUT2D eigenvalue weighted by Crippen LogP contribution is -2.45. The molecule has 174 valence electrons. The predicted octanol–water partition coefficient (Wildman–Crippen LogP) is 2.98. The van der Waals surface area contributed by atoms with E-state index in [1.807, 2.05) is 6.07 Å². The van der Waals surface area contributed by atoms with E-state index in [2.05, 4.69) is 79.6 Å². The second kappa shape index (κ2) is 9.85. The number of methoxy groups -OCH3 is 1. The van der Waals surface area contributed by atoms with Crippen LogP contribution < -0.4 is 10.1 Å². The standard InChI is InChI=1S/C25H32N6OS/c1-29-13-15-30(16-14-29)12-11-22-27-28-23-17-26-24(18-7-9-19(33-3)10-8-18)20-5-4-6-21(32-2)25(20)31(22)23/h4-10,24,26H,11-17H2,1-3H3. The number of thioether (sulfide) groups is 1. The van der Waals surface area contributed by atoms with Crippen LogP contribution >= 0.6 is 11.8 Å². The number of piperazine rings is 1. The summed E-state index contributed by atoms with van der Waals surface area (Å²) in [6.07, 6.45) is 2.97. The Balaban J connectivity index is 1.50. The first-order valence-electron chi connectivity index (χ1n) is 11.6. The first-order valence-corrected chi connectivity index (χ1v) is 12.8. The van der Waals surface area contributed by atoms with Gasteiger partial charge in [-0.3, -0.25) is 9.88 Å². The van der Waals surface area contributed by atoms with Crippen molar-refractivity contribution in [2.75, 3.05) is 53.1 Å².